The number of aromatic amines is 1. The van der Waals surface area contributed by atoms with Crippen LogP contribution >= 0.6 is 0 Å². The zero-order valence-corrected chi connectivity index (χ0v) is 23.8. The van der Waals surface area contributed by atoms with Gasteiger partial charge in [0.2, 0.25) is 21.8 Å². The number of benzene rings is 3. The van der Waals surface area contributed by atoms with E-state index in [2.05, 4.69) is 16.4 Å². The van der Waals surface area contributed by atoms with Crippen LogP contribution in [-0.2, 0) is 32.6 Å². The maximum atomic E-state index is 13.8. The Morgan fingerprint density at radius 3 is 2.30 bits per heavy atom. The first-order valence-corrected chi connectivity index (χ1v) is 15.0. The molecule has 2 N–H and O–H groups in total. The van der Waals surface area contributed by atoms with Gasteiger partial charge in [-0.1, -0.05) is 61.9 Å². The van der Waals surface area contributed by atoms with Crippen molar-refractivity contribution in [3.8, 4) is 0 Å². The summed E-state index contributed by atoms with van der Waals surface area (Å²) in [7, 11) is -3.94. The highest BCUT2D eigenvalue weighted by molar-refractivity contribution is 7.89. The van der Waals surface area contributed by atoms with Crippen molar-refractivity contribution < 1.29 is 18.0 Å². The van der Waals surface area contributed by atoms with Crippen LogP contribution in [0.1, 0.15) is 37.8 Å². The van der Waals surface area contributed by atoms with Crippen molar-refractivity contribution in [3.05, 3.63) is 96.2 Å². The van der Waals surface area contributed by atoms with Gasteiger partial charge in [0.1, 0.15) is 0 Å². The molecule has 0 spiro atoms. The van der Waals surface area contributed by atoms with Crippen LogP contribution in [0.15, 0.2) is 90.0 Å². The monoisotopic (exact) mass is 560 g/mol. The van der Waals surface area contributed by atoms with Crippen LogP contribution in [0, 0.1) is 0 Å². The Hall–Kier alpha value is -3.95. The minimum absolute atomic E-state index is 0.0823. The van der Waals surface area contributed by atoms with Gasteiger partial charge in [0, 0.05) is 49.3 Å². The largest absolute Gasteiger partial charge is 0.361 e. The SMILES string of the molecule is CCCCN(CC(=O)N(CCc1c[nH]c2ccccc12)Cc1ccccc1)S(=O)(=O)c1ccc(NC(C)=O)cc1. The smallest absolute Gasteiger partial charge is 0.243 e. The molecular weight excluding hydrogens is 524 g/mol. The number of rotatable bonds is 13. The predicted molar refractivity (Wildman–Crippen MR) is 158 cm³/mol. The molecule has 0 saturated carbocycles. The molecule has 0 atom stereocenters. The van der Waals surface area contributed by atoms with Crippen LogP contribution < -0.4 is 5.32 Å². The summed E-state index contributed by atoms with van der Waals surface area (Å²) in [5.74, 6) is -0.491. The van der Waals surface area contributed by atoms with Gasteiger partial charge in [-0.25, -0.2) is 8.42 Å². The molecule has 0 aliphatic carbocycles. The molecule has 210 valence electrons. The first-order valence-electron chi connectivity index (χ1n) is 13.5. The van der Waals surface area contributed by atoms with E-state index >= 15 is 0 Å². The number of amides is 2. The van der Waals surface area contributed by atoms with Crippen LogP contribution in [-0.4, -0.2) is 54.1 Å². The van der Waals surface area contributed by atoms with Crippen molar-refractivity contribution in [2.45, 2.75) is 44.6 Å². The summed E-state index contributed by atoms with van der Waals surface area (Å²) < 4.78 is 28.6. The second-order valence-corrected chi connectivity index (χ2v) is 11.7. The molecule has 40 heavy (non-hydrogen) atoms. The summed E-state index contributed by atoms with van der Waals surface area (Å²) in [6, 6.07) is 23.8. The number of aromatic nitrogens is 1. The molecule has 0 aliphatic heterocycles. The molecular formula is C31H36N4O4S. The van der Waals surface area contributed by atoms with E-state index in [1.807, 2.05) is 61.7 Å². The molecule has 0 bridgehead atoms. The normalized spacial score (nSPS) is 11.6. The Balaban J connectivity index is 1.56. The predicted octanol–water partition coefficient (Wildman–Crippen LogP) is 5.19. The van der Waals surface area contributed by atoms with Crippen molar-refractivity contribution in [1.82, 2.24) is 14.2 Å². The number of carbonyl (C=O) groups excluding carboxylic acids is 2. The van der Waals surface area contributed by atoms with E-state index in [-0.39, 0.29) is 29.8 Å². The summed E-state index contributed by atoms with van der Waals surface area (Å²) >= 11 is 0. The fourth-order valence-corrected chi connectivity index (χ4v) is 6.05. The number of nitrogens with one attached hydrogen (secondary N) is 2. The molecule has 0 aliphatic rings. The highest BCUT2D eigenvalue weighted by Gasteiger charge is 2.28. The highest BCUT2D eigenvalue weighted by Crippen LogP contribution is 2.21. The lowest BCUT2D eigenvalue weighted by Gasteiger charge is -2.27. The van der Waals surface area contributed by atoms with E-state index in [1.165, 1.54) is 23.4 Å². The summed E-state index contributed by atoms with van der Waals surface area (Å²) in [6.07, 6.45) is 4.02. The molecule has 4 aromatic rings. The van der Waals surface area contributed by atoms with Gasteiger partial charge in [0.05, 0.1) is 11.4 Å². The number of hydrogen-bond donors (Lipinski definition) is 2. The van der Waals surface area contributed by atoms with E-state index in [0.29, 0.717) is 31.6 Å². The third kappa shape index (κ3) is 7.37. The fourth-order valence-electron chi connectivity index (χ4n) is 4.62. The lowest BCUT2D eigenvalue weighted by molar-refractivity contribution is -0.132. The number of carbonyl (C=O) groups is 2. The van der Waals surface area contributed by atoms with Crippen LogP contribution in [0.25, 0.3) is 10.9 Å². The lowest BCUT2D eigenvalue weighted by atomic mass is 10.1. The third-order valence-corrected chi connectivity index (χ3v) is 8.64. The molecule has 0 saturated heterocycles. The summed E-state index contributed by atoms with van der Waals surface area (Å²) in [6.45, 7) is 4.19. The average Bonchev–Trinajstić information content (AvgIpc) is 3.36. The van der Waals surface area contributed by atoms with Gasteiger partial charge in [0.25, 0.3) is 0 Å². The molecule has 0 fully saturated rings. The Morgan fingerprint density at radius 1 is 0.900 bits per heavy atom. The van der Waals surface area contributed by atoms with Crippen molar-refractivity contribution in [3.63, 3.8) is 0 Å². The quantitative estimate of drug-likeness (QED) is 0.235. The number of anilines is 1. The van der Waals surface area contributed by atoms with Gasteiger partial charge >= 0.3 is 0 Å². The second kappa shape index (κ2) is 13.4. The highest BCUT2D eigenvalue weighted by atomic mass is 32.2. The third-order valence-electron chi connectivity index (χ3n) is 6.78. The number of H-pyrrole nitrogens is 1. The van der Waals surface area contributed by atoms with Gasteiger partial charge in [-0.15, -0.1) is 0 Å². The molecule has 8 nitrogen and oxygen atoms in total. The zero-order valence-electron chi connectivity index (χ0n) is 23.0. The first-order chi connectivity index (χ1) is 19.3. The van der Waals surface area contributed by atoms with Crippen molar-refractivity contribution >= 4 is 38.4 Å². The Morgan fingerprint density at radius 2 is 1.60 bits per heavy atom. The molecule has 1 aromatic heterocycles. The fraction of sp³-hybridized carbons (Fsp3) is 0.290. The Kier molecular flexibility index (Phi) is 9.74. The maximum Gasteiger partial charge on any atom is 0.243 e. The van der Waals surface area contributed by atoms with E-state index < -0.39 is 10.0 Å². The van der Waals surface area contributed by atoms with Gasteiger partial charge < -0.3 is 15.2 Å². The minimum Gasteiger partial charge on any atom is -0.361 e. The second-order valence-electron chi connectivity index (χ2n) is 9.81. The number of nitrogens with zero attached hydrogens (tertiary/aromatic N) is 2. The number of hydrogen-bond acceptors (Lipinski definition) is 4. The molecule has 0 unspecified atom stereocenters. The lowest BCUT2D eigenvalue weighted by Crippen LogP contribution is -2.43. The summed E-state index contributed by atoms with van der Waals surface area (Å²) in [5, 5.41) is 3.76. The first kappa shape index (κ1) is 29.0. The molecule has 4 rings (SSSR count). The molecule has 0 radical (unpaired) electrons. The number of unbranched alkanes of at least 4 members (excludes halogenated alkanes) is 1. The summed E-state index contributed by atoms with van der Waals surface area (Å²) in [4.78, 5) is 30.2. The number of sulfonamides is 1. The van der Waals surface area contributed by atoms with E-state index in [4.69, 9.17) is 0 Å². The Labute approximate surface area is 236 Å². The molecule has 1 heterocycles. The Bertz CT molecular complexity index is 1530. The van der Waals surface area contributed by atoms with E-state index in [0.717, 1.165) is 28.5 Å². The number of fused-ring (bicyclic) bond motifs is 1. The van der Waals surface area contributed by atoms with Gasteiger partial charge in [0.15, 0.2) is 0 Å². The van der Waals surface area contributed by atoms with Gasteiger partial charge in [-0.05, 0) is 54.3 Å². The minimum atomic E-state index is -3.94. The average molecular weight is 561 g/mol. The van der Waals surface area contributed by atoms with Crippen LogP contribution in [0.4, 0.5) is 5.69 Å². The van der Waals surface area contributed by atoms with Crippen LogP contribution in [0.2, 0.25) is 0 Å². The molecule has 3 aromatic carbocycles. The number of para-hydroxylation sites is 1. The zero-order chi connectivity index (χ0) is 28.5. The van der Waals surface area contributed by atoms with Crippen molar-refractivity contribution in [1.29, 1.82) is 0 Å². The van der Waals surface area contributed by atoms with Crippen LogP contribution in [0.3, 0.4) is 0 Å². The standard InChI is InChI=1S/C31H36N4O4S/c1-3-4-19-35(40(38,39)28-16-14-27(15-17-28)33-24(2)36)23-31(37)34(22-25-10-6-5-7-11-25)20-18-26-21-32-30-13-9-8-12-29(26)30/h5-17,21,32H,3-4,18-20,22-23H2,1-2H3,(H,33,36). The molecule has 2 amide bonds. The van der Waals surface area contributed by atoms with Crippen molar-refractivity contribution in [2.75, 3.05) is 25.0 Å². The topological polar surface area (TPSA) is 103 Å². The summed E-state index contributed by atoms with van der Waals surface area (Å²) in [5.41, 5.74) is 3.64. The van der Waals surface area contributed by atoms with Crippen LogP contribution in [0.5, 0.6) is 0 Å². The van der Waals surface area contributed by atoms with Crippen molar-refractivity contribution in [2.24, 2.45) is 0 Å². The maximum absolute atomic E-state index is 13.8. The van der Waals surface area contributed by atoms with Gasteiger partial charge in [-0.3, -0.25) is 9.59 Å². The molecule has 9 heteroatoms. The van der Waals surface area contributed by atoms with E-state index in [1.54, 1.807) is 17.0 Å². The van der Waals surface area contributed by atoms with Gasteiger partial charge in [-0.2, -0.15) is 4.31 Å². The van der Waals surface area contributed by atoms with E-state index in [9.17, 15) is 18.0 Å².